The van der Waals surface area contributed by atoms with Gasteiger partial charge in [0.25, 0.3) is 5.56 Å². The number of ether oxygens (including phenoxy) is 3. The maximum Gasteiger partial charge on any atom is 0.296 e. The van der Waals surface area contributed by atoms with Gasteiger partial charge in [-0.3, -0.25) is 9.89 Å². The van der Waals surface area contributed by atoms with Gasteiger partial charge in [-0.2, -0.15) is 14.9 Å². The summed E-state index contributed by atoms with van der Waals surface area (Å²) < 4.78 is 16.9. The smallest absolute Gasteiger partial charge is 0.296 e. The van der Waals surface area contributed by atoms with Gasteiger partial charge in [-0.05, 0) is 25.2 Å². The van der Waals surface area contributed by atoms with Gasteiger partial charge < -0.3 is 14.2 Å². The maximum absolute atomic E-state index is 12.0. The molecule has 0 aliphatic rings. The molecule has 0 bridgehead atoms. The van der Waals surface area contributed by atoms with Crippen LogP contribution in [0.15, 0.2) is 22.0 Å². The minimum absolute atomic E-state index is 0.0938. The molecule has 0 radical (unpaired) electrons. The van der Waals surface area contributed by atoms with Crippen LogP contribution in [0.4, 0.5) is 0 Å². The molecule has 1 aromatic heterocycles. The molecular formula is C14H16N4O4S. The normalized spacial score (nSPS) is 10.8. The molecule has 1 N–H and O–H groups in total. The van der Waals surface area contributed by atoms with Crippen LogP contribution < -0.4 is 19.8 Å². The second-order valence-electron chi connectivity index (χ2n) is 4.42. The lowest BCUT2D eigenvalue weighted by Crippen LogP contribution is -2.22. The first-order valence-electron chi connectivity index (χ1n) is 6.54. The van der Waals surface area contributed by atoms with E-state index in [1.165, 1.54) is 27.5 Å². The Kier molecular flexibility index (Phi) is 5.12. The summed E-state index contributed by atoms with van der Waals surface area (Å²) in [5, 5.41) is 10.4. The van der Waals surface area contributed by atoms with Crippen molar-refractivity contribution in [2.45, 2.75) is 6.92 Å². The zero-order valence-electron chi connectivity index (χ0n) is 13.1. The Morgan fingerprint density at radius 3 is 2.39 bits per heavy atom. The molecule has 9 heteroatoms. The number of nitrogens with one attached hydrogen (secondary N) is 1. The Morgan fingerprint density at radius 1 is 1.17 bits per heavy atom. The Morgan fingerprint density at radius 2 is 1.78 bits per heavy atom. The zero-order valence-corrected chi connectivity index (χ0v) is 13.9. The van der Waals surface area contributed by atoms with Gasteiger partial charge >= 0.3 is 0 Å². The van der Waals surface area contributed by atoms with Gasteiger partial charge in [-0.1, -0.05) is 0 Å². The molecule has 0 atom stereocenters. The molecule has 0 fully saturated rings. The van der Waals surface area contributed by atoms with Crippen LogP contribution in [-0.4, -0.2) is 42.4 Å². The summed E-state index contributed by atoms with van der Waals surface area (Å²) in [6, 6.07) is 3.36. The van der Waals surface area contributed by atoms with E-state index < -0.39 is 5.56 Å². The molecular weight excluding hydrogens is 320 g/mol. The number of aromatic nitrogens is 3. The van der Waals surface area contributed by atoms with E-state index in [4.69, 9.17) is 26.4 Å². The minimum atomic E-state index is -0.399. The molecule has 0 aliphatic heterocycles. The standard InChI is InChI=1S/C14H16N4O4S/c1-8-13(19)18(14(23)17-16-8)15-7-9-5-11(21-3)12(22-4)6-10(9)20-2/h5-7H,1-4H3,(H,17,23). The van der Waals surface area contributed by atoms with Crippen LogP contribution in [0.25, 0.3) is 0 Å². The molecule has 23 heavy (non-hydrogen) atoms. The molecule has 8 nitrogen and oxygen atoms in total. The van der Waals surface area contributed by atoms with Gasteiger partial charge in [0.15, 0.2) is 11.5 Å². The number of hydrogen-bond acceptors (Lipinski definition) is 7. The summed E-state index contributed by atoms with van der Waals surface area (Å²) in [4.78, 5) is 12.0. The minimum Gasteiger partial charge on any atom is -0.496 e. The first-order valence-corrected chi connectivity index (χ1v) is 6.95. The van der Waals surface area contributed by atoms with Crippen LogP contribution >= 0.6 is 12.2 Å². The first kappa shape index (κ1) is 16.7. The number of benzene rings is 1. The number of H-pyrrole nitrogens is 1. The van der Waals surface area contributed by atoms with Crippen LogP contribution in [0.5, 0.6) is 17.2 Å². The highest BCUT2D eigenvalue weighted by molar-refractivity contribution is 7.71. The fourth-order valence-corrected chi connectivity index (χ4v) is 2.03. The third-order valence-electron chi connectivity index (χ3n) is 3.06. The van der Waals surface area contributed by atoms with Crippen molar-refractivity contribution in [1.29, 1.82) is 0 Å². The molecule has 0 unspecified atom stereocenters. The fourth-order valence-electron chi connectivity index (χ4n) is 1.85. The van der Waals surface area contributed by atoms with Crippen molar-refractivity contribution >= 4 is 18.4 Å². The lowest BCUT2D eigenvalue weighted by molar-refractivity contribution is 0.349. The van der Waals surface area contributed by atoms with Crippen molar-refractivity contribution in [2.75, 3.05) is 21.3 Å². The van der Waals surface area contributed by atoms with E-state index in [1.54, 1.807) is 19.1 Å². The molecule has 2 aromatic rings. The molecule has 122 valence electrons. The Bertz CT molecular complexity index is 857. The molecule has 0 spiro atoms. The van der Waals surface area contributed by atoms with E-state index in [9.17, 15) is 4.79 Å². The SMILES string of the molecule is COc1cc(OC)c(OC)cc1C=Nn1c(=S)[nH]nc(C)c1=O. The number of rotatable bonds is 5. The fraction of sp³-hybridized carbons (Fsp3) is 0.286. The topological polar surface area (TPSA) is 90.7 Å². The van der Waals surface area contributed by atoms with Crippen molar-refractivity contribution in [1.82, 2.24) is 14.9 Å². The highest BCUT2D eigenvalue weighted by atomic mass is 32.1. The van der Waals surface area contributed by atoms with Crippen LogP contribution in [0, 0.1) is 11.7 Å². The van der Waals surface area contributed by atoms with E-state index in [0.717, 1.165) is 4.68 Å². The summed E-state index contributed by atoms with van der Waals surface area (Å²) >= 11 is 5.02. The van der Waals surface area contributed by atoms with E-state index in [2.05, 4.69) is 15.3 Å². The Labute approximate surface area is 137 Å². The summed E-state index contributed by atoms with van der Waals surface area (Å²) in [5.41, 5.74) is 0.459. The summed E-state index contributed by atoms with van der Waals surface area (Å²) in [6.07, 6.45) is 1.45. The van der Waals surface area contributed by atoms with Gasteiger partial charge in [0.1, 0.15) is 11.4 Å². The molecule has 1 aromatic carbocycles. The highest BCUT2D eigenvalue weighted by Gasteiger charge is 2.11. The lowest BCUT2D eigenvalue weighted by Gasteiger charge is -2.11. The molecule has 0 saturated carbocycles. The largest absolute Gasteiger partial charge is 0.496 e. The molecule has 2 rings (SSSR count). The summed E-state index contributed by atoms with van der Waals surface area (Å²) in [5.74, 6) is 1.55. The average Bonchev–Trinajstić information content (AvgIpc) is 2.57. The van der Waals surface area contributed by atoms with E-state index >= 15 is 0 Å². The van der Waals surface area contributed by atoms with Crippen molar-refractivity contribution in [3.05, 3.63) is 38.5 Å². The van der Waals surface area contributed by atoms with Crippen LogP contribution in [-0.2, 0) is 0 Å². The van der Waals surface area contributed by atoms with Gasteiger partial charge in [-0.15, -0.1) is 0 Å². The van der Waals surface area contributed by atoms with Crippen LogP contribution in [0.1, 0.15) is 11.3 Å². The van der Waals surface area contributed by atoms with Crippen molar-refractivity contribution < 1.29 is 14.2 Å². The van der Waals surface area contributed by atoms with Gasteiger partial charge in [0, 0.05) is 11.6 Å². The number of nitrogens with zero attached hydrogens (tertiary/aromatic N) is 3. The highest BCUT2D eigenvalue weighted by Crippen LogP contribution is 2.33. The van der Waals surface area contributed by atoms with Crippen LogP contribution in [0.2, 0.25) is 0 Å². The zero-order chi connectivity index (χ0) is 17.0. The molecule has 0 amide bonds. The summed E-state index contributed by atoms with van der Waals surface area (Å²) in [6.45, 7) is 1.57. The van der Waals surface area contributed by atoms with Crippen molar-refractivity contribution in [3.8, 4) is 17.2 Å². The van der Waals surface area contributed by atoms with Gasteiger partial charge in [-0.25, -0.2) is 0 Å². The number of hydrogen-bond donors (Lipinski definition) is 1. The predicted octanol–water partition coefficient (Wildman–Crippen LogP) is 1.52. The van der Waals surface area contributed by atoms with Crippen LogP contribution in [0.3, 0.4) is 0 Å². The summed E-state index contributed by atoms with van der Waals surface area (Å²) in [7, 11) is 4.58. The van der Waals surface area contributed by atoms with E-state index in [1.807, 2.05) is 0 Å². The second kappa shape index (κ2) is 7.05. The van der Waals surface area contributed by atoms with E-state index in [0.29, 0.717) is 22.8 Å². The molecule has 0 aliphatic carbocycles. The first-order chi connectivity index (χ1) is 11.0. The van der Waals surface area contributed by atoms with Gasteiger partial charge in [0.05, 0.1) is 27.5 Å². The monoisotopic (exact) mass is 336 g/mol. The molecule has 1 heterocycles. The second-order valence-corrected chi connectivity index (χ2v) is 4.81. The Balaban J connectivity index is 2.54. The maximum atomic E-state index is 12.0. The third-order valence-corrected chi connectivity index (χ3v) is 3.33. The van der Waals surface area contributed by atoms with Crippen molar-refractivity contribution in [2.24, 2.45) is 5.10 Å². The average molecular weight is 336 g/mol. The quantitative estimate of drug-likeness (QED) is 0.657. The number of aromatic amines is 1. The van der Waals surface area contributed by atoms with Crippen molar-refractivity contribution in [3.63, 3.8) is 0 Å². The van der Waals surface area contributed by atoms with Gasteiger partial charge in [0.2, 0.25) is 4.77 Å². The lowest BCUT2D eigenvalue weighted by atomic mass is 10.2. The molecule has 0 saturated heterocycles. The Hall–Kier alpha value is -2.68. The third kappa shape index (κ3) is 3.39. The number of methoxy groups -OCH3 is 3. The predicted molar refractivity (Wildman–Crippen MR) is 87.5 cm³/mol. The van der Waals surface area contributed by atoms with E-state index in [-0.39, 0.29) is 10.5 Å². The number of aryl methyl sites for hydroxylation is 1.